The summed E-state index contributed by atoms with van der Waals surface area (Å²) in [7, 11) is -3.85. The van der Waals surface area contributed by atoms with E-state index in [2.05, 4.69) is 28.9 Å². The Morgan fingerprint density at radius 1 is 1.06 bits per heavy atom. The summed E-state index contributed by atoms with van der Waals surface area (Å²) in [6.45, 7) is 8.10. The first-order valence-electron chi connectivity index (χ1n) is 12.2. The van der Waals surface area contributed by atoms with E-state index in [1.165, 1.54) is 35.6 Å². The van der Waals surface area contributed by atoms with E-state index in [1.807, 2.05) is 13.0 Å². The number of benzene rings is 2. The third-order valence-corrected chi connectivity index (χ3v) is 9.62. The molecule has 2 aromatic carbocycles. The molecule has 1 amide bonds. The second-order valence-electron chi connectivity index (χ2n) is 9.91. The molecule has 36 heavy (non-hydrogen) atoms. The van der Waals surface area contributed by atoms with Crippen molar-refractivity contribution in [3.05, 3.63) is 53.7 Å². The molecule has 9 heteroatoms. The van der Waals surface area contributed by atoms with Crippen LogP contribution in [-0.2, 0) is 14.8 Å². The lowest BCUT2D eigenvalue weighted by Gasteiger charge is -2.29. The van der Waals surface area contributed by atoms with Gasteiger partial charge in [0.15, 0.2) is 5.13 Å². The van der Waals surface area contributed by atoms with Gasteiger partial charge in [0.1, 0.15) is 5.75 Å². The van der Waals surface area contributed by atoms with Gasteiger partial charge in [-0.15, -0.1) is 0 Å². The summed E-state index contributed by atoms with van der Waals surface area (Å²) in [5, 5.41) is 13.0. The number of hydrogen-bond donors (Lipinski definition) is 3. The van der Waals surface area contributed by atoms with E-state index in [-0.39, 0.29) is 22.5 Å². The normalized spacial score (nSPS) is 18.2. The highest BCUT2D eigenvalue weighted by atomic mass is 32.2. The molecule has 1 fully saturated rings. The number of hydrogen-bond acceptors (Lipinski definition) is 6. The standard InChI is InChI=1S/C27H33N3O4S2/c1-16(2)19-7-9-20(10-8-19)26(32)29-27-28-18(4)25(35-27)21-6-5-17(3)24(15-21)36(33,34)30-22-11-13-23(31)14-12-22/h5-6,11-16,19-20,30-31H,7-10H2,1-4H3,(H,28,29,32). The van der Waals surface area contributed by atoms with Crippen LogP contribution in [0.5, 0.6) is 5.75 Å². The Morgan fingerprint density at radius 3 is 2.36 bits per heavy atom. The highest BCUT2D eigenvalue weighted by Crippen LogP contribution is 2.37. The zero-order valence-corrected chi connectivity index (χ0v) is 22.7. The van der Waals surface area contributed by atoms with Crippen LogP contribution < -0.4 is 10.0 Å². The number of phenols is 1. The fraction of sp³-hybridized carbons (Fsp3) is 0.407. The zero-order chi connectivity index (χ0) is 26.0. The molecule has 0 bridgehead atoms. The van der Waals surface area contributed by atoms with Gasteiger partial charge in [-0.2, -0.15) is 0 Å². The molecule has 192 valence electrons. The van der Waals surface area contributed by atoms with Crippen molar-refractivity contribution in [2.75, 3.05) is 10.0 Å². The van der Waals surface area contributed by atoms with E-state index in [0.717, 1.165) is 41.8 Å². The highest BCUT2D eigenvalue weighted by molar-refractivity contribution is 7.92. The van der Waals surface area contributed by atoms with Crippen molar-refractivity contribution in [1.82, 2.24) is 4.98 Å². The predicted molar refractivity (Wildman–Crippen MR) is 145 cm³/mol. The van der Waals surface area contributed by atoms with Crippen LogP contribution in [0.3, 0.4) is 0 Å². The Morgan fingerprint density at radius 2 is 1.72 bits per heavy atom. The van der Waals surface area contributed by atoms with Crippen molar-refractivity contribution in [1.29, 1.82) is 0 Å². The number of sulfonamides is 1. The lowest BCUT2D eigenvalue weighted by molar-refractivity contribution is -0.121. The van der Waals surface area contributed by atoms with Crippen LogP contribution in [0.25, 0.3) is 10.4 Å². The number of rotatable bonds is 7. The molecule has 1 aliphatic rings. The van der Waals surface area contributed by atoms with Gasteiger partial charge in [-0.25, -0.2) is 13.4 Å². The first kappa shape index (κ1) is 26.2. The number of thiazole rings is 1. The van der Waals surface area contributed by atoms with Gasteiger partial charge < -0.3 is 10.4 Å². The van der Waals surface area contributed by atoms with E-state index in [1.54, 1.807) is 19.1 Å². The molecule has 0 radical (unpaired) electrons. The van der Waals surface area contributed by atoms with Crippen molar-refractivity contribution < 1.29 is 18.3 Å². The van der Waals surface area contributed by atoms with E-state index in [0.29, 0.717) is 28.2 Å². The fourth-order valence-electron chi connectivity index (χ4n) is 4.74. The maximum atomic E-state index is 13.1. The molecule has 1 heterocycles. The Labute approximate surface area is 217 Å². The number of nitrogens with zero attached hydrogens (tertiary/aromatic N) is 1. The lowest BCUT2D eigenvalue weighted by atomic mass is 9.77. The van der Waals surface area contributed by atoms with Crippen molar-refractivity contribution in [3.8, 4) is 16.2 Å². The molecular formula is C27H33N3O4S2. The van der Waals surface area contributed by atoms with Gasteiger partial charge in [-0.05, 0) is 92.8 Å². The number of aromatic nitrogens is 1. The molecule has 4 rings (SSSR count). The Hall–Kier alpha value is -2.91. The summed E-state index contributed by atoms with van der Waals surface area (Å²) < 4.78 is 28.8. The number of anilines is 2. The summed E-state index contributed by atoms with van der Waals surface area (Å²) in [5.74, 6) is 1.43. The van der Waals surface area contributed by atoms with E-state index in [9.17, 15) is 18.3 Å². The number of nitrogens with one attached hydrogen (secondary N) is 2. The summed E-state index contributed by atoms with van der Waals surface area (Å²) >= 11 is 1.36. The third-order valence-electron chi connectivity index (χ3n) is 6.97. The maximum Gasteiger partial charge on any atom is 0.262 e. The van der Waals surface area contributed by atoms with E-state index < -0.39 is 10.0 Å². The van der Waals surface area contributed by atoms with Gasteiger partial charge >= 0.3 is 0 Å². The number of aryl methyl sites for hydroxylation is 2. The van der Waals surface area contributed by atoms with Gasteiger partial charge in [-0.1, -0.05) is 37.3 Å². The van der Waals surface area contributed by atoms with Gasteiger partial charge in [0, 0.05) is 11.6 Å². The molecular weight excluding hydrogens is 494 g/mol. The number of carbonyl (C=O) groups is 1. The molecule has 7 nitrogen and oxygen atoms in total. The minimum absolute atomic E-state index is 0.00903. The fourth-order valence-corrected chi connectivity index (χ4v) is 7.04. The minimum atomic E-state index is -3.85. The lowest BCUT2D eigenvalue weighted by Crippen LogP contribution is -2.28. The molecule has 0 saturated heterocycles. The second-order valence-corrected chi connectivity index (χ2v) is 12.6. The Bertz CT molecular complexity index is 1340. The summed E-state index contributed by atoms with van der Waals surface area (Å²) in [6.07, 6.45) is 3.96. The predicted octanol–water partition coefficient (Wildman–Crippen LogP) is 6.33. The molecule has 1 aromatic heterocycles. The van der Waals surface area contributed by atoms with Crippen LogP contribution in [0, 0.1) is 31.6 Å². The Balaban J connectivity index is 1.51. The van der Waals surface area contributed by atoms with Crippen LogP contribution in [0.1, 0.15) is 50.8 Å². The SMILES string of the molecule is Cc1ccc(-c2sc(NC(=O)C3CCC(C(C)C)CC3)nc2C)cc1S(=O)(=O)Nc1ccc(O)cc1. The number of amides is 1. The quantitative estimate of drug-likeness (QED) is 0.311. The molecule has 0 aliphatic heterocycles. The maximum absolute atomic E-state index is 13.1. The second kappa shape index (κ2) is 10.6. The highest BCUT2D eigenvalue weighted by Gasteiger charge is 2.28. The number of aromatic hydroxyl groups is 1. The number of phenolic OH excluding ortho intramolecular Hbond substituents is 1. The molecule has 0 unspecified atom stereocenters. The van der Waals surface area contributed by atoms with Gasteiger partial charge in [0.2, 0.25) is 5.91 Å². The van der Waals surface area contributed by atoms with Crippen molar-refractivity contribution >= 4 is 38.1 Å². The van der Waals surface area contributed by atoms with E-state index in [4.69, 9.17) is 0 Å². The largest absolute Gasteiger partial charge is 0.508 e. The first-order chi connectivity index (χ1) is 17.0. The van der Waals surface area contributed by atoms with Crippen molar-refractivity contribution in [2.24, 2.45) is 17.8 Å². The van der Waals surface area contributed by atoms with Crippen LogP contribution >= 0.6 is 11.3 Å². The molecule has 0 atom stereocenters. The molecule has 1 aliphatic carbocycles. The van der Waals surface area contributed by atoms with Gasteiger partial charge in [-0.3, -0.25) is 9.52 Å². The van der Waals surface area contributed by atoms with Crippen LogP contribution in [-0.4, -0.2) is 24.4 Å². The zero-order valence-electron chi connectivity index (χ0n) is 21.0. The molecule has 3 aromatic rings. The van der Waals surface area contributed by atoms with Crippen LogP contribution in [0.15, 0.2) is 47.4 Å². The van der Waals surface area contributed by atoms with Crippen molar-refractivity contribution in [2.45, 2.75) is 58.3 Å². The summed E-state index contributed by atoms with van der Waals surface area (Å²) in [5.41, 5.74) is 2.42. The molecule has 1 saturated carbocycles. The summed E-state index contributed by atoms with van der Waals surface area (Å²) in [6, 6.07) is 11.1. The summed E-state index contributed by atoms with van der Waals surface area (Å²) in [4.78, 5) is 18.4. The average molecular weight is 528 g/mol. The van der Waals surface area contributed by atoms with Crippen LogP contribution in [0.2, 0.25) is 0 Å². The van der Waals surface area contributed by atoms with Gasteiger partial charge in [0.05, 0.1) is 15.5 Å². The van der Waals surface area contributed by atoms with Crippen LogP contribution in [0.4, 0.5) is 10.8 Å². The molecule has 0 spiro atoms. The minimum Gasteiger partial charge on any atom is -0.508 e. The Kier molecular flexibility index (Phi) is 7.70. The third kappa shape index (κ3) is 5.90. The monoisotopic (exact) mass is 527 g/mol. The smallest absolute Gasteiger partial charge is 0.262 e. The van der Waals surface area contributed by atoms with Crippen molar-refractivity contribution in [3.63, 3.8) is 0 Å². The average Bonchev–Trinajstić information content (AvgIpc) is 3.20. The first-order valence-corrected chi connectivity index (χ1v) is 14.5. The topological polar surface area (TPSA) is 108 Å². The molecule has 3 N–H and O–H groups in total. The van der Waals surface area contributed by atoms with Gasteiger partial charge in [0.25, 0.3) is 10.0 Å². The number of carbonyl (C=O) groups excluding carboxylic acids is 1. The van der Waals surface area contributed by atoms with E-state index >= 15 is 0 Å².